The lowest BCUT2D eigenvalue weighted by Gasteiger charge is -2.14. The van der Waals surface area contributed by atoms with E-state index in [2.05, 4.69) is 29.2 Å². The molecule has 0 atom stereocenters. The van der Waals surface area contributed by atoms with Crippen LogP contribution in [0.15, 0.2) is 41.4 Å². The molecule has 0 spiro atoms. The molecule has 2 aromatic heterocycles. The molecule has 0 saturated carbocycles. The lowest BCUT2D eigenvalue weighted by Crippen LogP contribution is -2.19. The highest BCUT2D eigenvalue weighted by atomic mass is 32.2. The van der Waals surface area contributed by atoms with Crippen molar-refractivity contribution in [3.63, 3.8) is 0 Å². The molecule has 3 aromatic rings. The van der Waals surface area contributed by atoms with Crippen LogP contribution in [-0.4, -0.2) is 61.4 Å². The van der Waals surface area contributed by atoms with Crippen LogP contribution in [0.5, 0.6) is 5.88 Å². The van der Waals surface area contributed by atoms with E-state index in [1.807, 2.05) is 25.2 Å². The highest BCUT2D eigenvalue weighted by Gasteiger charge is 2.15. The van der Waals surface area contributed by atoms with E-state index in [1.54, 1.807) is 34.8 Å². The van der Waals surface area contributed by atoms with Crippen LogP contribution < -0.4 is 10.1 Å². The maximum atomic E-state index is 11.7. The van der Waals surface area contributed by atoms with Gasteiger partial charge in [0.15, 0.2) is 15.5 Å². The van der Waals surface area contributed by atoms with Gasteiger partial charge in [-0.25, -0.2) is 8.42 Å². The van der Waals surface area contributed by atoms with Crippen LogP contribution >= 0.6 is 0 Å². The van der Waals surface area contributed by atoms with Crippen LogP contribution in [0, 0.1) is 0 Å². The van der Waals surface area contributed by atoms with Crippen molar-refractivity contribution in [1.82, 2.24) is 19.5 Å². The Bertz CT molecular complexity index is 1090. The van der Waals surface area contributed by atoms with Gasteiger partial charge >= 0.3 is 0 Å². The third kappa shape index (κ3) is 5.04. The van der Waals surface area contributed by atoms with Crippen molar-refractivity contribution < 1.29 is 13.2 Å². The summed E-state index contributed by atoms with van der Waals surface area (Å²) in [5.74, 6) is 1.46. The smallest absolute Gasteiger partial charge is 0.219 e. The maximum Gasteiger partial charge on any atom is 0.219 e. The Morgan fingerprint density at radius 1 is 1.21 bits per heavy atom. The first kappa shape index (κ1) is 21.1. The number of benzene rings is 1. The van der Waals surface area contributed by atoms with Gasteiger partial charge in [-0.05, 0) is 44.3 Å². The summed E-state index contributed by atoms with van der Waals surface area (Å²) in [7, 11) is 0.737. The summed E-state index contributed by atoms with van der Waals surface area (Å²) in [6.07, 6.45) is 3.00. The summed E-state index contributed by atoms with van der Waals surface area (Å²) in [6, 6.07) is 8.40. The standard InChI is InChI=1S/C20H27N5O3S/c1-14(2)17-13-21-25-18(12-19(23-20(17)25)28-11-10-24(3)4)22-15-6-8-16(9-7-15)29(5,26)27/h6-9,12-14,22H,10-11H2,1-5H3. The van der Waals surface area contributed by atoms with Crippen molar-refractivity contribution in [1.29, 1.82) is 0 Å². The molecule has 1 N–H and O–H groups in total. The first-order valence-corrected chi connectivity index (χ1v) is 11.3. The molecule has 0 amide bonds. The normalized spacial score (nSPS) is 12.1. The maximum absolute atomic E-state index is 11.7. The van der Waals surface area contributed by atoms with Crippen LogP contribution in [0.25, 0.3) is 5.65 Å². The number of hydrogen-bond acceptors (Lipinski definition) is 7. The highest BCUT2D eigenvalue weighted by Crippen LogP contribution is 2.27. The number of fused-ring (bicyclic) bond motifs is 1. The number of nitrogens with one attached hydrogen (secondary N) is 1. The first-order valence-electron chi connectivity index (χ1n) is 9.38. The van der Waals surface area contributed by atoms with Crippen molar-refractivity contribution in [2.45, 2.75) is 24.7 Å². The molecule has 0 saturated heterocycles. The van der Waals surface area contributed by atoms with Crippen molar-refractivity contribution >= 4 is 27.0 Å². The number of ether oxygens (including phenoxy) is 1. The van der Waals surface area contributed by atoms with E-state index in [0.717, 1.165) is 23.4 Å². The zero-order chi connectivity index (χ0) is 21.2. The lowest BCUT2D eigenvalue weighted by molar-refractivity contribution is 0.254. The molecule has 0 aliphatic carbocycles. The molecule has 1 aromatic carbocycles. The molecule has 0 bridgehead atoms. The molecule has 2 heterocycles. The van der Waals surface area contributed by atoms with Crippen molar-refractivity contribution in [3.05, 3.63) is 42.1 Å². The van der Waals surface area contributed by atoms with Gasteiger partial charge in [0.2, 0.25) is 5.88 Å². The van der Waals surface area contributed by atoms with E-state index in [-0.39, 0.29) is 10.8 Å². The largest absolute Gasteiger partial charge is 0.476 e. The predicted molar refractivity (Wildman–Crippen MR) is 114 cm³/mol. The number of likely N-dealkylation sites (N-methyl/N-ethyl adjacent to an activating group) is 1. The predicted octanol–water partition coefficient (Wildman–Crippen LogP) is 2.94. The Morgan fingerprint density at radius 2 is 1.90 bits per heavy atom. The lowest BCUT2D eigenvalue weighted by atomic mass is 10.1. The number of nitrogens with zero attached hydrogens (tertiary/aromatic N) is 4. The second-order valence-electron chi connectivity index (χ2n) is 7.54. The fraction of sp³-hybridized carbons (Fsp3) is 0.400. The highest BCUT2D eigenvalue weighted by molar-refractivity contribution is 7.90. The molecule has 9 heteroatoms. The van der Waals surface area contributed by atoms with E-state index in [1.165, 1.54) is 6.26 Å². The molecular weight excluding hydrogens is 390 g/mol. The second kappa shape index (κ2) is 8.38. The fourth-order valence-corrected chi connectivity index (χ4v) is 3.42. The van der Waals surface area contributed by atoms with Crippen LogP contribution in [0.2, 0.25) is 0 Å². The van der Waals surface area contributed by atoms with Crippen LogP contribution in [0.1, 0.15) is 25.3 Å². The number of rotatable bonds is 8. The number of aromatic nitrogens is 3. The van der Waals surface area contributed by atoms with E-state index >= 15 is 0 Å². The van der Waals surface area contributed by atoms with Gasteiger partial charge in [0.05, 0.1) is 11.1 Å². The summed E-state index contributed by atoms with van der Waals surface area (Å²) in [5.41, 5.74) is 2.50. The molecule has 0 aliphatic heterocycles. The minimum Gasteiger partial charge on any atom is -0.476 e. The Hall–Kier alpha value is -2.65. The van der Waals surface area contributed by atoms with Crippen molar-refractivity contribution in [3.8, 4) is 5.88 Å². The zero-order valence-electron chi connectivity index (χ0n) is 17.4. The van der Waals surface area contributed by atoms with E-state index in [4.69, 9.17) is 4.74 Å². The van der Waals surface area contributed by atoms with Gasteiger partial charge in [-0.3, -0.25) is 0 Å². The summed E-state index contributed by atoms with van der Waals surface area (Å²) < 4.78 is 30.9. The molecular formula is C20H27N5O3S. The van der Waals surface area contributed by atoms with Crippen LogP contribution in [-0.2, 0) is 9.84 Å². The van der Waals surface area contributed by atoms with Crippen LogP contribution in [0.3, 0.4) is 0 Å². The second-order valence-corrected chi connectivity index (χ2v) is 9.56. The average Bonchev–Trinajstić information content (AvgIpc) is 3.05. The average molecular weight is 418 g/mol. The minimum absolute atomic E-state index is 0.263. The van der Waals surface area contributed by atoms with Crippen molar-refractivity contribution in [2.24, 2.45) is 0 Å². The summed E-state index contributed by atoms with van der Waals surface area (Å²) in [5, 5.41) is 7.77. The van der Waals surface area contributed by atoms with E-state index < -0.39 is 9.84 Å². The molecule has 3 rings (SSSR count). The molecule has 156 valence electrons. The Balaban J connectivity index is 1.96. The van der Waals surface area contributed by atoms with Gasteiger partial charge in [0.25, 0.3) is 0 Å². The molecule has 0 unspecified atom stereocenters. The van der Waals surface area contributed by atoms with Gasteiger partial charge in [0, 0.05) is 30.1 Å². The molecule has 8 nitrogen and oxygen atoms in total. The Labute approximate surface area is 171 Å². The van der Waals surface area contributed by atoms with Gasteiger partial charge in [-0.1, -0.05) is 13.8 Å². The number of anilines is 2. The van der Waals surface area contributed by atoms with Gasteiger partial charge in [-0.15, -0.1) is 0 Å². The third-order valence-electron chi connectivity index (χ3n) is 4.44. The Morgan fingerprint density at radius 3 is 2.48 bits per heavy atom. The topological polar surface area (TPSA) is 88.8 Å². The van der Waals surface area contributed by atoms with Crippen LogP contribution in [0.4, 0.5) is 11.5 Å². The summed E-state index contributed by atoms with van der Waals surface area (Å²) in [4.78, 5) is 6.96. The molecule has 0 aliphatic rings. The first-order chi connectivity index (χ1) is 13.6. The van der Waals surface area contributed by atoms with E-state index in [9.17, 15) is 8.42 Å². The molecule has 0 radical (unpaired) electrons. The van der Waals surface area contributed by atoms with Gasteiger partial charge in [0.1, 0.15) is 12.4 Å². The molecule has 29 heavy (non-hydrogen) atoms. The summed E-state index contributed by atoms with van der Waals surface area (Å²) >= 11 is 0. The van der Waals surface area contributed by atoms with E-state index in [0.29, 0.717) is 18.3 Å². The number of hydrogen-bond donors (Lipinski definition) is 1. The monoisotopic (exact) mass is 417 g/mol. The zero-order valence-corrected chi connectivity index (χ0v) is 18.2. The Kier molecular flexibility index (Phi) is 6.09. The van der Waals surface area contributed by atoms with Gasteiger partial charge < -0.3 is 15.0 Å². The van der Waals surface area contributed by atoms with Crippen molar-refractivity contribution in [2.75, 3.05) is 38.8 Å². The summed E-state index contributed by atoms with van der Waals surface area (Å²) in [6.45, 7) is 5.48. The SMILES string of the molecule is CC(C)c1cnn2c(Nc3ccc(S(C)(=O)=O)cc3)cc(OCCN(C)C)nc12. The number of sulfone groups is 1. The van der Waals surface area contributed by atoms with Gasteiger partial charge in [-0.2, -0.15) is 14.6 Å². The quantitative estimate of drug-likeness (QED) is 0.603. The minimum atomic E-state index is -3.24. The third-order valence-corrected chi connectivity index (χ3v) is 5.57. The fourth-order valence-electron chi connectivity index (χ4n) is 2.79. The molecule has 0 fully saturated rings.